The molecular weight excluding hydrogens is 268 g/mol. The molecule has 2 nitrogen and oxygen atoms in total. The molecule has 0 bridgehead atoms. The Bertz CT molecular complexity index is 538. The van der Waals surface area contributed by atoms with Crippen molar-refractivity contribution >= 4 is 0 Å². The summed E-state index contributed by atoms with van der Waals surface area (Å²) in [5.41, 5.74) is 2.87. The Labute approximate surface area is 134 Å². The molecule has 1 heterocycles. The molecule has 0 radical (unpaired) electrons. The van der Waals surface area contributed by atoms with Gasteiger partial charge < -0.3 is 10.2 Å². The predicted molar refractivity (Wildman–Crippen MR) is 93.1 cm³/mol. The minimum Gasteiger partial charge on any atom is -0.312 e. The molecule has 0 unspecified atom stereocenters. The summed E-state index contributed by atoms with van der Waals surface area (Å²) in [6, 6.07) is 22.2. The highest BCUT2D eigenvalue weighted by atomic mass is 15.2. The lowest BCUT2D eigenvalue weighted by Crippen LogP contribution is -2.34. The normalized spacial score (nSPS) is 18.6. The molecule has 116 valence electrons. The van der Waals surface area contributed by atoms with Gasteiger partial charge in [-0.3, -0.25) is 0 Å². The van der Waals surface area contributed by atoms with Crippen molar-refractivity contribution in [1.29, 1.82) is 0 Å². The fourth-order valence-corrected chi connectivity index (χ4v) is 3.20. The fourth-order valence-electron chi connectivity index (χ4n) is 3.20. The van der Waals surface area contributed by atoms with Crippen molar-refractivity contribution < 1.29 is 0 Å². The molecule has 1 fully saturated rings. The third-order valence-corrected chi connectivity index (χ3v) is 4.52. The molecule has 0 aromatic heterocycles. The van der Waals surface area contributed by atoms with Crippen LogP contribution in [0.1, 0.15) is 17.5 Å². The van der Waals surface area contributed by atoms with Gasteiger partial charge in [0, 0.05) is 19.1 Å². The molecule has 2 aromatic carbocycles. The van der Waals surface area contributed by atoms with E-state index in [-0.39, 0.29) is 0 Å². The number of hydrogen-bond donors (Lipinski definition) is 1. The van der Waals surface area contributed by atoms with Crippen LogP contribution in [0.2, 0.25) is 0 Å². The zero-order chi connectivity index (χ0) is 15.0. The van der Waals surface area contributed by atoms with Crippen molar-refractivity contribution in [2.45, 2.75) is 25.3 Å². The van der Waals surface area contributed by atoms with Crippen LogP contribution >= 0.6 is 0 Å². The van der Waals surface area contributed by atoms with Gasteiger partial charge in [-0.1, -0.05) is 60.7 Å². The van der Waals surface area contributed by atoms with E-state index in [0.717, 1.165) is 19.4 Å². The van der Waals surface area contributed by atoms with Crippen LogP contribution in [0.25, 0.3) is 0 Å². The number of likely N-dealkylation sites (tertiary alicyclic amines) is 1. The van der Waals surface area contributed by atoms with Crippen LogP contribution in [0.3, 0.4) is 0 Å². The molecule has 22 heavy (non-hydrogen) atoms. The highest BCUT2D eigenvalue weighted by Gasteiger charge is 2.21. The lowest BCUT2D eigenvalue weighted by atomic mass is 10.1. The lowest BCUT2D eigenvalue weighted by molar-refractivity contribution is 0.332. The second kappa shape index (κ2) is 8.11. The molecule has 3 rings (SSSR count). The van der Waals surface area contributed by atoms with Crippen LogP contribution in [0.5, 0.6) is 0 Å². The second-order valence-corrected chi connectivity index (χ2v) is 6.21. The summed E-state index contributed by atoms with van der Waals surface area (Å²) in [6.07, 6.45) is 3.57. The molecular formula is C20H26N2. The van der Waals surface area contributed by atoms with Gasteiger partial charge in [0.15, 0.2) is 0 Å². The van der Waals surface area contributed by atoms with E-state index < -0.39 is 0 Å². The summed E-state index contributed by atoms with van der Waals surface area (Å²) in [4.78, 5) is 2.59. The predicted octanol–water partition coefficient (Wildman–Crippen LogP) is 3.14. The summed E-state index contributed by atoms with van der Waals surface area (Å²) in [5, 5.41) is 3.72. The molecule has 0 saturated carbocycles. The zero-order valence-corrected chi connectivity index (χ0v) is 13.2. The lowest BCUT2D eigenvalue weighted by Gasteiger charge is -2.16. The molecule has 1 aliphatic heterocycles. The van der Waals surface area contributed by atoms with Crippen LogP contribution in [-0.2, 0) is 12.8 Å². The maximum Gasteiger partial charge on any atom is 0.0207 e. The molecule has 1 N–H and O–H groups in total. The Morgan fingerprint density at radius 3 is 2.18 bits per heavy atom. The molecule has 2 heteroatoms. The quantitative estimate of drug-likeness (QED) is 0.844. The summed E-state index contributed by atoms with van der Waals surface area (Å²) in [5.74, 6) is 0. The van der Waals surface area contributed by atoms with Crippen molar-refractivity contribution in [3.05, 3.63) is 71.8 Å². The second-order valence-electron chi connectivity index (χ2n) is 6.21. The van der Waals surface area contributed by atoms with Gasteiger partial charge in [-0.05, 0) is 43.5 Å². The van der Waals surface area contributed by atoms with Gasteiger partial charge in [0.1, 0.15) is 0 Å². The van der Waals surface area contributed by atoms with Gasteiger partial charge in [0.2, 0.25) is 0 Å². The Morgan fingerprint density at radius 2 is 1.50 bits per heavy atom. The van der Waals surface area contributed by atoms with E-state index in [9.17, 15) is 0 Å². The van der Waals surface area contributed by atoms with E-state index in [1.165, 1.54) is 37.2 Å². The molecule has 0 amide bonds. The fraction of sp³-hybridized carbons (Fsp3) is 0.400. The number of benzene rings is 2. The largest absolute Gasteiger partial charge is 0.312 e. The first-order chi connectivity index (χ1) is 10.9. The van der Waals surface area contributed by atoms with Crippen LogP contribution in [0.15, 0.2) is 60.7 Å². The van der Waals surface area contributed by atoms with Gasteiger partial charge in [-0.2, -0.15) is 0 Å². The maximum absolute atomic E-state index is 3.72. The van der Waals surface area contributed by atoms with Gasteiger partial charge in [0.05, 0.1) is 0 Å². The van der Waals surface area contributed by atoms with Crippen molar-refractivity contribution in [2.75, 3.05) is 26.2 Å². The molecule has 0 aliphatic carbocycles. The number of nitrogens with one attached hydrogen (secondary N) is 1. The Kier molecular flexibility index (Phi) is 5.63. The first-order valence-electron chi connectivity index (χ1n) is 8.44. The Morgan fingerprint density at radius 1 is 0.864 bits per heavy atom. The molecule has 1 saturated heterocycles. The zero-order valence-electron chi connectivity index (χ0n) is 13.2. The van der Waals surface area contributed by atoms with Crippen molar-refractivity contribution in [2.24, 2.45) is 0 Å². The summed E-state index contributed by atoms with van der Waals surface area (Å²) in [7, 11) is 0. The standard InChI is InChI=1S/C20H26N2/c1-3-7-18(8-4-1)11-14-21-20-13-16-22(17-20)15-12-19-9-5-2-6-10-19/h1-10,20-21H,11-17H2/t20-/m1/s1. The van der Waals surface area contributed by atoms with Crippen LogP contribution < -0.4 is 5.32 Å². The van der Waals surface area contributed by atoms with E-state index in [0.29, 0.717) is 6.04 Å². The topological polar surface area (TPSA) is 15.3 Å². The maximum atomic E-state index is 3.72. The van der Waals surface area contributed by atoms with E-state index >= 15 is 0 Å². The van der Waals surface area contributed by atoms with Crippen molar-refractivity contribution in [3.8, 4) is 0 Å². The first kappa shape index (κ1) is 15.3. The van der Waals surface area contributed by atoms with Crippen molar-refractivity contribution in [3.63, 3.8) is 0 Å². The highest BCUT2D eigenvalue weighted by Crippen LogP contribution is 2.11. The van der Waals surface area contributed by atoms with E-state index in [4.69, 9.17) is 0 Å². The highest BCUT2D eigenvalue weighted by molar-refractivity contribution is 5.15. The van der Waals surface area contributed by atoms with Crippen LogP contribution in [0.4, 0.5) is 0 Å². The summed E-state index contributed by atoms with van der Waals surface area (Å²) < 4.78 is 0. The number of hydrogen-bond acceptors (Lipinski definition) is 2. The van der Waals surface area contributed by atoms with Gasteiger partial charge in [0.25, 0.3) is 0 Å². The molecule has 0 spiro atoms. The van der Waals surface area contributed by atoms with E-state index in [2.05, 4.69) is 70.9 Å². The monoisotopic (exact) mass is 294 g/mol. The average Bonchev–Trinajstić information content (AvgIpc) is 3.03. The van der Waals surface area contributed by atoms with Gasteiger partial charge >= 0.3 is 0 Å². The summed E-state index contributed by atoms with van der Waals surface area (Å²) >= 11 is 0. The minimum absolute atomic E-state index is 0.666. The molecule has 2 aromatic rings. The van der Waals surface area contributed by atoms with Gasteiger partial charge in [-0.15, -0.1) is 0 Å². The number of rotatable bonds is 7. The third-order valence-electron chi connectivity index (χ3n) is 4.52. The van der Waals surface area contributed by atoms with Crippen molar-refractivity contribution in [1.82, 2.24) is 10.2 Å². The number of nitrogens with zero attached hydrogens (tertiary/aromatic N) is 1. The first-order valence-corrected chi connectivity index (χ1v) is 8.44. The van der Waals surface area contributed by atoms with Gasteiger partial charge in [-0.25, -0.2) is 0 Å². The average molecular weight is 294 g/mol. The van der Waals surface area contributed by atoms with E-state index in [1.54, 1.807) is 0 Å². The summed E-state index contributed by atoms with van der Waals surface area (Å²) in [6.45, 7) is 4.69. The SMILES string of the molecule is c1ccc(CCN[C@@H]2CCN(CCc3ccccc3)C2)cc1. The smallest absolute Gasteiger partial charge is 0.0207 e. The Hall–Kier alpha value is -1.64. The minimum atomic E-state index is 0.666. The molecule has 1 atom stereocenters. The van der Waals surface area contributed by atoms with Crippen LogP contribution in [-0.4, -0.2) is 37.1 Å². The van der Waals surface area contributed by atoms with E-state index in [1.807, 2.05) is 0 Å². The third kappa shape index (κ3) is 4.69. The molecule has 1 aliphatic rings. The Balaban J connectivity index is 1.34. The van der Waals surface area contributed by atoms with Crippen LogP contribution in [0, 0.1) is 0 Å².